The Morgan fingerprint density at radius 2 is 1.84 bits per heavy atom. The zero-order valence-corrected chi connectivity index (χ0v) is 18.2. The molecule has 3 aliphatic carbocycles. The number of rotatable bonds is 7. The second kappa shape index (κ2) is 6.63. The van der Waals surface area contributed by atoms with Gasteiger partial charge in [0.2, 0.25) is 0 Å². The molecule has 0 unspecified atom stereocenters. The maximum atomic E-state index is 13.0. The summed E-state index contributed by atoms with van der Waals surface area (Å²) in [7, 11) is -1.60. The molecule has 3 heteroatoms. The van der Waals surface area contributed by atoms with Crippen LogP contribution in [0.3, 0.4) is 0 Å². The van der Waals surface area contributed by atoms with Crippen LogP contribution in [0.15, 0.2) is 12.2 Å². The molecular weight excluding hydrogens is 324 g/mol. The van der Waals surface area contributed by atoms with Gasteiger partial charge in [-0.15, -0.1) is 0 Å². The molecule has 3 rings (SSSR count). The number of hydrogen-bond acceptors (Lipinski definition) is 2. The third-order valence-corrected chi connectivity index (χ3v) is 12.4. The zero-order chi connectivity index (χ0) is 18.5. The van der Waals surface area contributed by atoms with Gasteiger partial charge in [0.25, 0.3) is 0 Å². The Morgan fingerprint density at radius 3 is 2.48 bits per heavy atom. The molecule has 0 radical (unpaired) electrons. The number of fused-ring (bicyclic) bond motifs is 5. The van der Waals surface area contributed by atoms with Gasteiger partial charge in [0.05, 0.1) is 0 Å². The topological polar surface area (TPSA) is 26.3 Å². The molecule has 25 heavy (non-hydrogen) atoms. The lowest BCUT2D eigenvalue weighted by Gasteiger charge is -2.36. The Balaban J connectivity index is 1.39. The molecule has 0 aromatic heterocycles. The predicted molar refractivity (Wildman–Crippen MR) is 107 cm³/mol. The van der Waals surface area contributed by atoms with Crippen LogP contribution in [0.1, 0.15) is 66.2 Å². The highest BCUT2D eigenvalue weighted by Gasteiger charge is 2.58. The van der Waals surface area contributed by atoms with Crippen LogP contribution in [0.2, 0.25) is 18.1 Å². The van der Waals surface area contributed by atoms with Crippen LogP contribution >= 0.6 is 0 Å². The van der Waals surface area contributed by atoms with Crippen molar-refractivity contribution in [2.45, 2.75) is 84.4 Å². The second-order valence-electron chi connectivity index (χ2n) is 10.7. The highest BCUT2D eigenvalue weighted by atomic mass is 28.4. The maximum Gasteiger partial charge on any atom is 0.191 e. The van der Waals surface area contributed by atoms with E-state index in [1.165, 1.54) is 19.3 Å². The SMILES string of the molecule is CC(C)(C)[Si](C)(C)OCCCCC[C@@]1(C)C[C@@H]2[C@H](C1=O)[C@@H]1C=C[C@H]2C1. The highest BCUT2D eigenvalue weighted by molar-refractivity contribution is 6.74. The molecule has 2 saturated carbocycles. The van der Waals surface area contributed by atoms with Crippen LogP contribution in [0, 0.1) is 29.1 Å². The van der Waals surface area contributed by atoms with Crippen molar-refractivity contribution in [3.63, 3.8) is 0 Å². The van der Waals surface area contributed by atoms with E-state index in [1.54, 1.807) is 0 Å². The van der Waals surface area contributed by atoms with Crippen molar-refractivity contribution in [2.24, 2.45) is 29.1 Å². The molecule has 0 N–H and O–H groups in total. The first kappa shape index (κ1) is 19.4. The summed E-state index contributed by atoms with van der Waals surface area (Å²) < 4.78 is 6.27. The zero-order valence-electron chi connectivity index (χ0n) is 17.2. The summed E-state index contributed by atoms with van der Waals surface area (Å²) in [6.07, 6.45) is 11.7. The number of carbonyl (C=O) groups is 1. The van der Waals surface area contributed by atoms with E-state index in [2.05, 4.69) is 52.9 Å². The number of carbonyl (C=O) groups excluding carboxylic acids is 1. The monoisotopic (exact) mass is 362 g/mol. The molecule has 0 aliphatic heterocycles. The van der Waals surface area contributed by atoms with Gasteiger partial charge in [0.15, 0.2) is 8.32 Å². The van der Waals surface area contributed by atoms with E-state index in [9.17, 15) is 4.79 Å². The van der Waals surface area contributed by atoms with Crippen molar-refractivity contribution in [3.05, 3.63) is 12.2 Å². The summed E-state index contributed by atoms with van der Waals surface area (Å²) in [4.78, 5) is 13.0. The first-order chi connectivity index (χ1) is 11.6. The highest BCUT2D eigenvalue weighted by Crippen LogP contribution is 2.60. The summed E-state index contributed by atoms with van der Waals surface area (Å²) in [5.41, 5.74) is -0.0431. The van der Waals surface area contributed by atoms with E-state index in [4.69, 9.17) is 4.43 Å². The molecule has 0 spiro atoms. The molecule has 3 aliphatic rings. The smallest absolute Gasteiger partial charge is 0.191 e. The lowest BCUT2D eigenvalue weighted by atomic mass is 9.79. The molecule has 5 atom stereocenters. The number of ketones is 1. The quantitative estimate of drug-likeness (QED) is 0.316. The van der Waals surface area contributed by atoms with Crippen LogP contribution < -0.4 is 0 Å². The van der Waals surface area contributed by atoms with Gasteiger partial charge in [-0.3, -0.25) is 4.79 Å². The summed E-state index contributed by atoms with van der Waals surface area (Å²) in [5.74, 6) is 2.89. The first-order valence-electron chi connectivity index (χ1n) is 10.4. The molecule has 0 saturated heterocycles. The number of allylic oxidation sites excluding steroid dienone is 2. The average molecular weight is 363 g/mol. The van der Waals surface area contributed by atoms with E-state index in [0.29, 0.717) is 34.5 Å². The average Bonchev–Trinajstić information content (AvgIpc) is 3.16. The molecule has 0 heterocycles. The van der Waals surface area contributed by atoms with Gasteiger partial charge in [-0.1, -0.05) is 52.7 Å². The largest absolute Gasteiger partial charge is 0.417 e. The molecular formula is C22H38O2Si. The molecule has 142 valence electrons. The fourth-order valence-corrected chi connectivity index (χ4v) is 6.27. The molecule has 2 bridgehead atoms. The molecule has 2 nitrogen and oxygen atoms in total. The van der Waals surface area contributed by atoms with E-state index in [-0.39, 0.29) is 5.41 Å². The van der Waals surface area contributed by atoms with Crippen molar-refractivity contribution in [1.82, 2.24) is 0 Å². The summed E-state index contributed by atoms with van der Waals surface area (Å²) in [6.45, 7) is 14.7. The third-order valence-electron chi connectivity index (χ3n) is 7.85. The van der Waals surface area contributed by atoms with Gasteiger partial charge < -0.3 is 4.43 Å². The van der Waals surface area contributed by atoms with E-state index >= 15 is 0 Å². The summed E-state index contributed by atoms with van der Waals surface area (Å²) >= 11 is 0. The third kappa shape index (κ3) is 3.56. The van der Waals surface area contributed by atoms with Gasteiger partial charge in [-0.2, -0.15) is 0 Å². The Morgan fingerprint density at radius 1 is 1.16 bits per heavy atom. The number of hydrogen-bond donors (Lipinski definition) is 0. The Kier molecular flexibility index (Phi) is 5.14. The van der Waals surface area contributed by atoms with Gasteiger partial charge in [0.1, 0.15) is 5.78 Å². The van der Waals surface area contributed by atoms with Gasteiger partial charge in [-0.25, -0.2) is 0 Å². The van der Waals surface area contributed by atoms with E-state index < -0.39 is 8.32 Å². The van der Waals surface area contributed by atoms with Crippen LogP contribution in [0.25, 0.3) is 0 Å². The van der Waals surface area contributed by atoms with Crippen LogP contribution in [-0.2, 0) is 9.22 Å². The summed E-state index contributed by atoms with van der Waals surface area (Å²) in [6, 6.07) is 0. The Bertz CT molecular complexity index is 545. The van der Waals surface area contributed by atoms with Gasteiger partial charge in [0, 0.05) is 17.9 Å². The van der Waals surface area contributed by atoms with Crippen molar-refractivity contribution in [1.29, 1.82) is 0 Å². The van der Waals surface area contributed by atoms with Crippen molar-refractivity contribution in [3.8, 4) is 0 Å². The fraction of sp³-hybridized carbons (Fsp3) is 0.864. The Labute approximate surface area is 155 Å². The minimum absolute atomic E-state index is 0.0431. The van der Waals surface area contributed by atoms with Gasteiger partial charge >= 0.3 is 0 Å². The van der Waals surface area contributed by atoms with Crippen LogP contribution in [0.5, 0.6) is 0 Å². The molecule has 0 aromatic rings. The molecule has 0 amide bonds. The second-order valence-corrected chi connectivity index (χ2v) is 15.5. The molecule has 0 aromatic carbocycles. The van der Waals surface area contributed by atoms with Gasteiger partial charge in [-0.05, 0) is 61.6 Å². The van der Waals surface area contributed by atoms with E-state index in [0.717, 1.165) is 25.9 Å². The van der Waals surface area contributed by atoms with Crippen molar-refractivity contribution in [2.75, 3.05) is 6.61 Å². The van der Waals surface area contributed by atoms with E-state index in [1.807, 2.05) is 0 Å². The Hall–Kier alpha value is -0.413. The minimum atomic E-state index is -1.60. The van der Waals surface area contributed by atoms with Crippen LogP contribution in [-0.4, -0.2) is 20.7 Å². The standard InChI is InChI=1S/C22H38O2Si/c1-21(2,3)25(5,6)24-13-9-7-8-12-22(4)15-18-16-10-11-17(14-16)19(18)20(22)23/h10-11,16-19H,7-9,12-15H2,1-6H3/t16-,17+,18-,19+,22-/m0/s1. The van der Waals surface area contributed by atoms with Crippen molar-refractivity contribution >= 4 is 14.1 Å². The molecule has 2 fully saturated rings. The lowest BCUT2D eigenvalue weighted by Crippen LogP contribution is -2.40. The fourth-order valence-electron chi connectivity index (χ4n) is 5.18. The van der Waals surface area contributed by atoms with Crippen LogP contribution in [0.4, 0.5) is 0 Å². The first-order valence-corrected chi connectivity index (χ1v) is 13.3. The minimum Gasteiger partial charge on any atom is -0.417 e. The normalized spacial score (nSPS) is 37.1. The maximum absolute atomic E-state index is 13.0. The number of Topliss-reactive ketones (excluding diaryl/α,β-unsaturated/α-hetero) is 1. The lowest BCUT2D eigenvalue weighted by molar-refractivity contribution is -0.129. The predicted octanol–water partition coefficient (Wildman–Crippen LogP) is 5.99. The number of unbranched alkanes of at least 4 members (excludes halogenated alkanes) is 2. The van der Waals surface area contributed by atoms with Crippen molar-refractivity contribution < 1.29 is 9.22 Å². The summed E-state index contributed by atoms with van der Waals surface area (Å²) in [5, 5.41) is 0.294.